The van der Waals surface area contributed by atoms with Gasteiger partial charge in [-0.05, 0) is 30.5 Å². The average Bonchev–Trinajstić information content (AvgIpc) is 3.08. The van der Waals surface area contributed by atoms with Crippen LogP contribution in [0, 0.1) is 0 Å². The summed E-state index contributed by atoms with van der Waals surface area (Å²) < 4.78 is 5.19. The quantitative estimate of drug-likeness (QED) is 0.751. The number of carbonyl (C=O) groups is 2. The van der Waals surface area contributed by atoms with Gasteiger partial charge in [-0.2, -0.15) is 0 Å². The Hall–Kier alpha value is -3.02. The summed E-state index contributed by atoms with van der Waals surface area (Å²) in [4.78, 5) is 26.1. The fourth-order valence-electron chi connectivity index (χ4n) is 2.96. The molecule has 1 fully saturated rings. The molecule has 0 aromatic heterocycles. The number of anilines is 1. The van der Waals surface area contributed by atoms with Crippen molar-refractivity contribution in [2.24, 2.45) is 0 Å². The number of ether oxygens (including phenoxy) is 1. The SMILES string of the molecule is COc1cccc(N2CC(C(=O)NCCCc3ccccc3)NC2=O)c1. The average molecular weight is 353 g/mol. The number of amides is 3. The molecule has 3 rings (SSSR count). The van der Waals surface area contributed by atoms with Gasteiger partial charge in [0.15, 0.2) is 0 Å². The van der Waals surface area contributed by atoms with Gasteiger partial charge in [0, 0.05) is 18.3 Å². The highest BCUT2D eigenvalue weighted by atomic mass is 16.5. The van der Waals surface area contributed by atoms with E-state index in [2.05, 4.69) is 22.8 Å². The molecule has 0 spiro atoms. The molecular formula is C20H23N3O3. The molecule has 2 aromatic carbocycles. The molecule has 1 aliphatic heterocycles. The zero-order valence-electron chi connectivity index (χ0n) is 14.8. The standard InChI is InChI=1S/C20H23N3O3/c1-26-17-11-5-10-16(13-17)23-14-18(22-20(23)25)19(24)21-12-6-9-15-7-3-2-4-8-15/h2-5,7-8,10-11,13,18H,6,9,12,14H2,1H3,(H,21,24)(H,22,25). The summed E-state index contributed by atoms with van der Waals surface area (Å²) in [7, 11) is 1.58. The van der Waals surface area contributed by atoms with Gasteiger partial charge < -0.3 is 15.4 Å². The monoisotopic (exact) mass is 353 g/mol. The molecule has 3 amide bonds. The van der Waals surface area contributed by atoms with Gasteiger partial charge in [0.1, 0.15) is 11.8 Å². The first-order valence-corrected chi connectivity index (χ1v) is 8.71. The molecule has 2 aromatic rings. The van der Waals surface area contributed by atoms with Crippen LogP contribution in [0.25, 0.3) is 0 Å². The number of hydrogen-bond acceptors (Lipinski definition) is 3. The summed E-state index contributed by atoms with van der Waals surface area (Å²) >= 11 is 0. The number of rotatable bonds is 7. The predicted octanol–water partition coefficient (Wildman–Crippen LogP) is 2.34. The lowest BCUT2D eigenvalue weighted by Crippen LogP contribution is -2.43. The second kappa shape index (κ2) is 8.38. The maximum atomic E-state index is 12.3. The molecule has 1 aliphatic rings. The van der Waals surface area contributed by atoms with E-state index >= 15 is 0 Å². The predicted molar refractivity (Wildman–Crippen MR) is 100 cm³/mol. The molecule has 0 saturated carbocycles. The molecule has 1 saturated heterocycles. The first kappa shape index (κ1) is 17.8. The third-order valence-electron chi connectivity index (χ3n) is 4.37. The lowest BCUT2D eigenvalue weighted by Gasteiger charge is -2.15. The maximum Gasteiger partial charge on any atom is 0.322 e. The van der Waals surface area contributed by atoms with Gasteiger partial charge in [-0.15, -0.1) is 0 Å². The number of nitrogens with zero attached hydrogens (tertiary/aromatic N) is 1. The number of hydrogen-bond donors (Lipinski definition) is 2. The van der Waals surface area contributed by atoms with E-state index in [-0.39, 0.29) is 11.9 Å². The minimum atomic E-state index is -0.551. The molecule has 0 bridgehead atoms. The maximum absolute atomic E-state index is 12.3. The van der Waals surface area contributed by atoms with E-state index in [4.69, 9.17) is 4.74 Å². The summed E-state index contributed by atoms with van der Waals surface area (Å²) in [5.41, 5.74) is 1.96. The smallest absolute Gasteiger partial charge is 0.322 e. The molecule has 1 heterocycles. The number of carbonyl (C=O) groups excluding carboxylic acids is 2. The number of aryl methyl sites for hydroxylation is 1. The molecule has 6 nitrogen and oxygen atoms in total. The Balaban J connectivity index is 1.49. The molecule has 136 valence electrons. The lowest BCUT2D eigenvalue weighted by atomic mass is 10.1. The van der Waals surface area contributed by atoms with Crippen LogP contribution in [-0.4, -0.2) is 38.2 Å². The van der Waals surface area contributed by atoms with Crippen LogP contribution in [0.4, 0.5) is 10.5 Å². The van der Waals surface area contributed by atoms with Crippen molar-refractivity contribution in [3.05, 3.63) is 60.2 Å². The second-order valence-corrected chi connectivity index (χ2v) is 6.19. The van der Waals surface area contributed by atoms with Crippen molar-refractivity contribution in [1.29, 1.82) is 0 Å². The first-order valence-electron chi connectivity index (χ1n) is 8.71. The summed E-state index contributed by atoms with van der Waals surface area (Å²) in [5, 5.41) is 5.64. The normalized spacial score (nSPS) is 16.3. The number of urea groups is 1. The van der Waals surface area contributed by atoms with Gasteiger partial charge in [0.05, 0.1) is 13.7 Å². The Morgan fingerprint density at radius 3 is 2.81 bits per heavy atom. The van der Waals surface area contributed by atoms with Gasteiger partial charge in [0.25, 0.3) is 0 Å². The van der Waals surface area contributed by atoms with Crippen molar-refractivity contribution in [3.63, 3.8) is 0 Å². The van der Waals surface area contributed by atoms with Crippen molar-refractivity contribution in [2.75, 3.05) is 25.1 Å². The van der Waals surface area contributed by atoms with E-state index < -0.39 is 6.04 Å². The zero-order chi connectivity index (χ0) is 18.4. The fourth-order valence-corrected chi connectivity index (χ4v) is 2.96. The van der Waals surface area contributed by atoms with Crippen molar-refractivity contribution in [1.82, 2.24) is 10.6 Å². The van der Waals surface area contributed by atoms with Gasteiger partial charge in [0.2, 0.25) is 5.91 Å². The van der Waals surface area contributed by atoms with Crippen LogP contribution in [0.2, 0.25) is 0 Å². The van der Waals surface area contributed by atoms with Crippen LogP contribution in [0.5, 0.6) is 5.75 Å². The molecule has 0 aliphatic carbocycles. The van der Waals surface area contributed by atoms with Crippen LogP contribution >= 0.6 is 0 Å². The number of methoxy groups -OCH3 is 1. The second-order valence-electron chi connectivity index (χ2n) is 6.19. The van der Waals surface area contributed by atoms with Gasteiger partial charge in [-0.1, -0.05) is 36.4 Å². The molecule has 26 heavy (non-hydrogen) atoms. The summed E-state index contributed by atoms with van der Waals surface area (Å²) in [6.45, 7) is 0.885. The first-order chi connectivity index (χ1) is 12.7. The van der Waals surface area contributed by atoms with Crippen molar-refractivity contribution in [2.45, 2.75) is 18.9 Å². The van der Waals surface area contributed by atoms with Crippen LogP contribution in [-0.2, 0) is 11.2 Å². The van der Waals surface area contributed by atoms with Crippen LogP contribution in [0.3, 0.4) is 0 Å². The summed E-state index contributed by atoms with van der Waals surface area (Å²) in [5.74, 6) is 0.515. The van der Waals surface area contributed by atoms with E-state index in [1.54, 1.807) is 18.1 Å². The third-order valence-corrected chi connectivity index (χ3v) is 4.37. The van der Waals surface area contributed by atoms with E-state index in [1.165, 1.54) is 5.56 Å². The van der Waals surface area contributed by atoms with Crippen LogP contribution < -0.4 is 20.3 Å². The molecular weight excluding hydrogens is 330 g/mol. The summed E-state index contributed by atoms with van der Waals surface area (Å²) in [6.07, 6.45) is 1.77. The largest absolute Gasteiger partial charge is 0.497 e. The Morgan fingerprint density at radius 1 is 1.23 bits per heavy atom. The van der Waals surface area contributed by atoms with Gasteiger partial charge in [-0.25, -0.2) is 4.79 Å². The molecule has 1 atom stereocenters. The number of benzene rings is 2. The molecule has 0 radical (unpaired) electrons. The third kappa shape index (κ3) is 4.33. The molecule has 6 heteroatoms. The van der Waals surface area contributed by atoms with Gasteiger partial charge in [-0.3, -0.25) is 9.69 Å². The molecule has 2 N–H and O–H groups in total. The Labute approximate surface area is 153 Å². The number of nitrogens with one attached hydrogen (secondary N) is 2. The van der Waals surface area contributed by atoms with E-state index in [9.17, 15) is 9.59 Å². The van der Waals surface area contributed by atoms with Crippen molar-refractivity contribution in [3.8, 4) is 5.75 Å². The highest BCUT2D eigenvalue weighted by Gasteiger charge is 2.34. The zero-order valence-corrected chi connectivity index (χ0v) is 14.8. The van der Waals surface area contributed by atoms with E-state index in [0.29, 0.717) is 24.5 Å². The van der Waals surface area contributed by atoms with E-state index in [0.717, 1.165) is 12.8 Å². The Kier molecular flexibility index (Phi) is 5.73. The topological polar surface area (TPSA) is 70.7 Å². The van der Waals surface area contributed by atoms with Crippen LogP contribution in [0.1, 0.15) is 12.0 Å². The van der Waals surface area contributed by atoms with Gasteiger partial charge >= 0.3 is 6.03 Å². The summed E-state index contributed by atoms with van der Waals surface area (Å²) in [6, 6.07) is 16.6. The minimum absolute atomic E-state index is 0.156. The van der Waals surface area contributed by atoms with E-state index in [1.807, 2.05) is 36.4 Å². The fraction of sp³-hybridized carbons (Fsp3) is 0.300. The molecule has 1 unspecified atom stereocenters. The Morgan fingerprint density at radius 2 is 2.04 bits per heavy atom. The van der Waals surface area contributed by atoms with Crippen molar-refractivity contribution < 1.29 is 14.3 Å². The van der Waals surface area contributed by atoms with Crippen molar-refractivity contribution >= 4 is 17.6 Å². The lowest BCUT2D eigenvalue weighted by molar-refractivity contribution is -0.122. The Bertz CT molecular complexity index is 764. The highest BCUT2D eigenvalue weighted by Crippen LogP contribution is 2.23. The van der Waals surface area contributed by atoms with Crippen LogP contribution in [0.15, 0.2) is 54.6 Å². The minimum Gasteiger partial charge on any atom is -0.497 e. The highest BCUT2D eigenvalue weighted by molar-refractivity contribution is 6.00.